The first kappa shape index (κ1) is 12.3. The molecule has 0 aliphatic rings. The summed E-state index contributed by atoms with van der Waals surface area (Å²) in [5, 5.41) is 10.3. The topological polar surface area (TPSA) is 57.8 Å². The zero-order valence-corrected chi connectivity index (χ0v) is 10.8. The molecule has 0 aliphatic carbocycles. The number of hydrogen-bond acceptors (Lipinski definition) is 2. The summed E-state index contributed by atoms with van der Waals surface area (Å²) in [5.74, 6) is -1.01. The number of nitrogens with one attached hydrogen (secondary N) is 2. The molecule has 0 spiro atoms. The molecule has 5 heteroatoms. The fraction of sp³-hybridized carbons (Fsp3) is 0.0667. The minimum atomic E-state index is -0.528. The Balaban J connectivity index is 1.94. The number of aryl methyl sites for hydroxylation is 1. The molecular weight excluding hydrogens is 257 g/mol. The molecule has 0 saturated carbocycles. The maximum atomic E-state index is 13.8. The van der Waals surface area contributed by atoms with Crippen molar-refractivity contribution in [1.82, 2.24) is 10.2 Å². The van der Waals surface area contributed by atoms with Crippen molar-refractivity contribution in [2.45, 2.75) is 6.92 Å². The van der Waals surface area contributed by atoms with Crippen LogP contribution in [0.25, 0.3) is 10.9 Å². The normalized spacial score (nSPS) is 10.7. The summed E-state index contributed by atoms with van der Waals surface area (Å²) >= 11 is 0. The highest BCUT2D eigenvalue weighted by molar-refractivity contribution is 6.08. The molecule has 0 bridgehead atoms. The van der Waals surface area contributed by atoms with Crippen LogP contribution in [0.15, 0.2) is 42.6 Å². The molecule has 2 aromatic carbocycles. The second-order valence-corrected chi connectivity index (χ2v) is 4.58. The van der Waals surface area contributed by atoms with Crippen LogP contribution in [0.1, 0.15) is 15.9 Å². The number of carbonyl (C=O) groups excluding carboxylic acids is 1. The van der Waals surface area contributed by atoms with Crippen molar-refractivity contribution in [3.63, 3.8) is 0 Å². The van der Waals surface area contributed by atoms with Gasteiger partial charge in [0.05, 0.1) is 23.0 Å². The SMILES string of the molecule is Cc1ccc(C(=O)Nc2cccc3cn[nH]c23)c(F)c1. The van der Waals surface area contributed by atoms with Gasteiger partial charge >= 0.3 is 0 Å². The summed E-state index contributed by atoms with van der Waals surface area (Å²) in [6.45, 7) is 1.77. The van der Waals surface area contributed by atoms with Crippen LogP contribution in [0.2, 0.25) is 0 Å². The van der Waals surface area contributed by atoms with Crippen molar-refractivity contribution >= 4 is 22.5 Å². The number of rotatable bonds is 2. The summed E-state index contributed by atoms with van der Waals surface area (Å²) in [5.41, 5.74) is 2.08. The van der Waals surface area contributed by atoms with E-state index in [0.29, 0.717) is 11.2 Å². The molecule has 0 unspecified atom stereocenters. The highest BCUT2D eigenvalue weighted by Gasteiger charge is 2.13. The van der Waals surface area contributed by atoms with Gasteiger partial charge in [-0.05, 0) is 30.7 Å². The van der Waals surface area contributed by atoms with Gasteiger partial charge in [0.25, 0.3) is 5.91 Å². The van der Waals surface area contributed by atoms with Gasteiger partial charge in [0.15, 0.2) is 0 Å². The predicted octanol–water partition coefficient (Wildman–Crippen LogP) is 3.26. The lowest BCUT2D eigenvalue weighted by Gasteiger charge is -2.07. The quantitative estimate of drug-likeness (QED) is 0.750. The van der Waals surface area contributed by atoms with Crippen molar-refractivity contribution < 1.29 is 9.18 Å². The van der Waals surface area contributed by atoms with E-state index in [4.69, 9.17) is 0 Å². The zero-order chi connectivity index (χ0) is 14.1. The first-order valence-electron chi connectivity index (χ1n) is 6.15. The van der Waals surface area contributed by atoms with Crippen LogP contribution < -0.4 is 5.32 Å². The summed E-state index contributed by atoms with van der Waals surface area (Å²) in [4.78, 5) is 12.1. The minimum absolute atomic E-state index is 0.0205. The second-order valence-electron chi connectivity index (χ2n) is 4.58. The molecular formula is C15H12FN3O. The number of para-hydroxylation sites is 1. The van der Waals surface area contributed by atoms with Gasteiger partial charge in [-0.2, -0.15) is 5.10 Å². The number of anilines is 1. The molecule has 1 aromatic heterocycles. The Morgan fingerprint density at radius 3 is 2.95 bits per heavy atom. The van der Waals surface area contributed by atoms with E-state index in [2.05, 4.69) is 15.5 Å². The minimum Gasteiger partial charge on any atom is -0.320 e. The Morgan fingerprint density at radius 1 is 1.30 bits per heavy atom. The van der Waals surface area contributed by atoms with Gasteiger partial charge in [-0.15, -0.1) is 0 Å². The average Bonchev–Trinajstić information content (AvgIpc) is 2.87. The Morgan fingerprint density at radius 2 is 2.15 bits per heavy atom. The number of halogens is 1. The van der Waals surface area contributed by atoms with Crippen LogP contribution in [0.4, 0.5) is 10.1 Å². The van der Waals surface area contributed by atoms with E-state index in [1.165, 1.54) is 12.1 Å². The molecule has 4 nitrogen and oxygen atoms in total. The molecule has 0 aliphatic heterocycles. The fourth-order valence-electron chi connectivity index (χ4n) is 2.07. The Labute approximate surface area is 114 Å². The van der Waals surface area contributed by atoms with Gasteiger partial charge in [0.1, 0.15) is 5.82 Å². The van der Waals surface area contributed by atoms with E-state index in [9.17, 15) is 9.18 Å². The number of amides is 1. The van der Waals surface area contributed by atoms with Gasteiger partial charge in [0.2, 0.25) is 0 Å². The van der Waals surface area contributed by atoms with E-state index < -0.39 is 11.7 Å². The molecule has 100 valence electrons. The molecule has 3 aromatic rings. The third-order valence-electron chi connectivity index (χ3n) is 3.09. The molecule has 1 amide bonds. The van der Waals surface area contributed by atoms with Crippen LogP contribution in [0.5, 0.6) is 0 Å². The summed E-state index contributed by atoms with van der Waals surface area (Å²) in [6.07, 6.45) is 1.66. The largest absolute Gasteiger partial charge is 0.320 e. The molecule has 1 heterocycles. The molecule has 20 heavy (non-hydrogen) atoms. The number of benzene rings is 2. The third kappa shape index (κ3) is 2.14. The monoisotopic (exact) mass is 269 g/mol. The number of aromatic nitrogens is 2. The number of aromatic amines is 1. The van der Waals surface area contributed by atoms with Gasteiger partial charge < -0.3 is 5.32 Å². The third-order valence-corrected chi connectivity index (χ3v) is 3.09. The van der Waals surface area contributed by atoms with Crippen molar-refractivity contribution in [1.29, 1.82) is 0 Å². The van der Waals surface area contributed by atoms with Crippen LogP contribution in [-0.4, -0.2) is 16.1 Å². The number of fused-ring (bicyclic) bond motifs is 1. The summed E-state index contributed by atoms with van der Waals surface area (Å²) in [7, 11) is 0. The van der Waals surface area contributed by atoms with Crippen LogP contribution in [0, 0.1) is 12.7 Å². The molecule has 0 atom stereocenters. The van der Waals surface area contributed by atoms with Crippen molar-refractivity contribution in [3.05, 3.63) is 59.5 Å². The molecule has 0 radical (unpaired) electrons. The number of H-pyrrole nitrogens is 1. The first-order valence-corrected chi connectivity index (χ1v) is 6.15. The van der Waals surface area contributed by atoms with Gasteiger partial charge in [0, 0.05) is 5.39 Å². The van der Waals surface area contributed by atoms with Gasteiger partial charge in [-0.25, -0.2) is 4.39 Å². The Hall–Kier alpha value is -2.69. The Bertz CT molecular complexity index is 795. The lowest BCUT2D eigenvalue weighted by Crippen LogP contribution is -2.14. The lowest BCUT2D eigenvalue weighted by atomic mass is 10.1. The number of carbonyl (C=O) groups is 1. The summed E-state index contributed by atoms with van der Waals surface area (Å²) in [6, 6.07) is 9.94. The number of hydrogen-bond donors (Lipinski definition) is 2. The maximum absolute atomic E-state index is 13.8. The van der Waals surface area contributed by atoms with Crippen LogP contribution in [-0.2, 0) is 0 Å². The summed E-state index contributed by atoms with van der Waals surface area (Å²) < 4.78 is 13.8. The molecule has 0 saturated heterocycles. The predicted molar refractivity (Wildman–Crippen MR) is 75.2 cm³/mol. The van der Waals surface area contributed by atoms with Gasteiger partial charge in [-0.1, -0.05) is 18.2 Å². The average molecular weight is 269 g/mol. The fourth-order valence-corrected chi connectivity index (χ4v) is 2.07. The first-order chi connectivity index (χ1) is 9.65. The van der Waals surface area contributed by atoms with Crippen molar-refractivity contribution in [2.75, 3.05) is 5.32 Å². The molecule has 0 fully saturated rings. The van der Waals surface area contributed by atoms with Crippen molar-refractivity contribution in [3.8, 4) is 0 Å². The molecule has 3 rings (SSSR count). The maximum Gasteiger partial charge on any atom is 0.258 e. The van der Waals surface area contributed by atoms with Crippen LogP contribution >= 0.6 is 0 Å². The smallest absolute Gasteiger partial charge is 0.258 e. The van der Waals surface area contributed by atoms with Crippen LogP contribution in [0.3, 0.4) is 0 Å². The zero-order valence-electron chi connectivity index (χ0n) is 10.8. The van der Waals surface area contributed by atoms with E-state index >= 15 is 0 Å². The molecule has 2 N–H and O–H groups in total. The highest BCUT2D eigenvalue weighted by Crippen LogP contribution is 2.21. The van der Waals surface area contributed by atoms with E-state index in [-0.39, 0.29) is 5.56 Å². The second kappa shape index (κ2) is 4.77. The highest BCUT2D eigenvalue weighted by atomic mass is 19.1. The van der Waals surface area contributed by atoms with Gasteiger partial charge in [-0.3, -0.25) is 9.89 Å². The number of nitrogens with zero attached hydrogens (tertiary/aromatic N) is 1. The lowest BCUT2D eigenvalue weighted by molar-refractivity contribution is 0.102. The standard InChI is InChI=1S/C15H12FN3O/c1-9-5-6-11(12(16)7-9)15(20)18-13-4-2-3-10-8-17-19-14(10)13/h2-8H,1H3,(H,17,19)(H,18,20). The van der Waals surface area contributed by atoms with Crippen molar-refractivity contribution in [2.24, 2.45) is 0 Å². The van der Waals surface area contributed by atoms with E-state index in [1.807, 2.05) is 6.07 Å². The van der Waals surface area contributed by atoms with E-state index in [0.717, 1.165) is 10.9 Å². The Kier molecular flexibility index (Phi) is 2.95. The van der Waals surface area contributed by atoms with E-state index in [1.54, 1.807) is 31.3 Å².